The molecule has 17 nitrogen and oxygen atoms in total. The van der Waals surface area contributed by atoms with Crippen LogP contribution in [0.25, 0.3) is 0 Å². The highest BCUT2D eigenvalue weighted by Gasteiger charge is 2.30. The summed E-state index contributed by atoms with van der Waals surface area (Å²) < 4.78 is 68.0. The van der Waals surface area contributed by atoms with Crippen molar-refractivity contribution in [3.05, 3.63) is 0 Å². The summed E-state index contributed by atoms with van der Waals surface area (Å²) >= 11 is 0. The molecule has 3 N–H and O–H groups in total. The van der Waals surface area contributed by atoms with Crippen molar-refractivity contribution in [1.82, 2.24) is 0 Å². The van der Waals surface area contributed by atoms with E-state index in [4.69, 9.17) is 37.0 Å². The van der Waals surface area contributed by atoms with Crippen LogP contribution in [0.4, 0.5) is 0 Å². The Labute approximate surface area is 537 Å². The molecule has 522 valence electrons. The van der Waals surface area contributed by atoms with Crippen LogP contribution < -0.4 is 0 Å². The van der Waals surface area contributed by atoms with Crippen LogP contribution in [0.3, 0.4) is 0 Å². The molecule has 0 amide bonds. The molecule has 0 fully saturated rings. The molecule has 0 aromatic carbocycles. The molecule has 0 bridgehead atoms. The Morgan fingerprint density at radius 1 is 0.318 bits per heavy atom. The number of phosphoric acid groups is 2. The molecule has 0 spiro atoms. The van der Waals surface area contributed by atoms with Gasteiger partial charge < -0.3 is 33.8 Å². The van der Waals surface area contributed by atoms with E-state index in [0.29, 0.717) is 25.7 Å². The third-order valence-corrected chi connectivity index (χ3v) is 18.3. The molecule has 19 heteroatoms. The van der Waals surface area contributed by atoms with Crippen molar-refractivity contribution in [2.45, 2.75) is 374 Å². The molecule has 0 saturated heterocycles. The van der Waals surface area contributed by atoms with E-state index in [-0.39, 0.29) is 25.7 Å². The van der Waals surface area contributed by atoms with Crippen molar-refractivity contribution < 1.29 is 80.2 Å². The van der Waals surface area contributed by atoms with E-state index >= 15 is 0 Å². The summed E-state index contributed by atoms with van der Waals surface area (Å²) in [5.41, 5.74) is 0. The van der Waals surface area contributed by atoms with E-state index in [0.717, 1.165) is 102 Å². The number of unbranched alkanes of at least 4 members (excludes halogenated alkanes) is 40. The maximum absolute atomic E-state index is 13.0. The number of ether oxygens (including phenoxy) is 4. The van der Waals surface area contributed by atoms with Gasteiger partial charge in [-0.1, -0.05) is 304 Å². The molecule has 0 aliphatic rings. The molecule has 0 saturated carbocycles. The predicted octanol–water partition coefficient (Wildman–Crippen LogP) is 19.7. The average molecular weight is 1300 g/mol. The Morgan fingerprint density at radius 2 is 0.545 bits per heavy atom. The van der Waals surface area contributed by atoms with Gasteiger partial charge in [0.25, 0.3) is 0 Å². The van der Waals surface area contributed by atoms with Crippen molar-refractivity contribution in [2.75, 3.05) is 39.6 Å². The highest BCUT2D eigenvalue weighted by molar-refractivity contribution is 7.47. The molecule has 0 rings (SSSR count). The number of hydrogen-bond acceptors (Lipinski definition) is 15. The summed E-state index contributed by atoms with van der Waals surface area (Å²) in [6.45, 7) is 7.10. The van der Waals surface area contributed by atoms with E-state index in [1.807, 2.05) is 0 Å². The number of esters is 4. The lowest BCUT2D eigenvalue weighted by atomic mass is 10.00. The second-order valence-electron chi connectivity index (χ2n) is 25.2. The molecule has 0 aromatic heterocycles. The van der Waals surface area contributed by atoms with E-state index in [2.05, 4.69) is 34.6 Å². The predicted molar refractivity (Wildman–Crippen MR) is 354 cm³/mol. The standard InChI is InChI=1S/C69H134O17P2/c1-6-10-13-16-18-20-22-24-25-26-27-28-29-30-32-34-36-38-44-49-54-68(73)85-65(59-80-67(72)53-48-43-37-35-33-31-23-21-19-17-14-11-7-2)61-84-88(77,78)82-57-63(70)56-81-87(75,76)83-60-64(58-79-66(71)52-47-41-15-12-8-3)86-69(74)55-50-45-40-39-42-46-51-62(5)9-4/h62-65,70H,6-61H2,1-5H3,(H,75,76)(H,77,78)/t62?,63-,64+,65+/m0/s1. The third-order valence-electron chi connectivity index (χ3n) is 16.4. The SMILES string of the molecule is CCCCCCCCCCCCCCCCCCCCCCC(=O)O[C@H](COC(=O)CCCCCCCCCCCCCCC)COP(=O)(O)OC[C@@H](O)COP(=O)(O)OC[C@@H](COC(=O)CCCCCCC)OC(=O)CCCCCCCCC(C)CC. The molecule has 3 unspecified atom stereocenters. The van der Waals surface area contributed by atoms with Crippen LogP contribution >= 0.6 is 15.6 Å². The van der Waals surface area contributed by atoms with Crippen LogP contribution in [0, 0.1) is 5.92 Å². The van der Waals surface area contributed by atoms with E-state index in [1.54, 1.807) is 0 Å². The molecule has 0 radical (unpaired) electrons. The van der Waals surface area contributed by atoms with Crippen LogP contribution in [0.1, 0.15) is 356 Å². The summed E-state index contributed by atoms with van der Waals surface area (Å²) in [6.07, 6.45) is 49.1. The van der Waals surface area contributed by atoms with Gasteiger partial charge in [0.1, 0.15) is 19.3 Å². The van der Waals surface area contributed by atoms with Crippen molar-refractivity contribution in [3.63, 3.8) is 0 Å². The molecular weight excluding hydrogens is 1160 g/mol. The largest absolute Gasteiger partial charge is 0.472 e. The quantitative estimate of drug-likeness (QED) is 0.0222. The van der Waals surface area contributed by atoms with Gasteiger partial charge in [0.15, 0.2) is 12.2 Å². The van der Waals surface area contributed by atoms with Crippen molar-refractivity contribution in [1.29, 1.82) is 0 Å². The molecule has 0 aliphatic heterocycles. The van der Waals surface area contributed by atoms with Gasteiger partial charge in [-0.2, -0.15) is 0 Å². The van der Waals surface area contributed by atoms with Gasteiger partial charge in [-0.05, 0) is 31.6 Å². The number of aliphatic hydroxyl groups is 1. The van der Waals surface area contributed by atoms with Gasteiger partial charge in [0, 0.05) is 25.7 Å². The second kappa shape index (κ2) is 62.5. The number of phosphoric ester groups is 2. The minimum atomic E-state index is -4.95. The van der Waals surface area contributed by atoms with Gasteiger partial charge in [0.2, 0.25) is 0 Å². The highest BCUT2D eigenvalue weighted by atomic mass is 31.2. The van der Waals surface area contributed by atoms with Gasteiger partial charge in [-0.15, -0.1) is 0 Å². The first-order valence-electron chi connectivity index (χ1n) is 36.2. The summed E-state index contributed by atoms with van der Waals surface area (Å²) in [7, 11) is -9.89. The van der Waals surface area contributed by atoms with Crippen molar-refractivity contribution in [2.24, 2.45) is 5.92 Å². The Balaban J connectivity index is 5.12. The Hall–Kier alpha value is -1.94. The molecule has 0 aliphatic carbocycles. The first kappa shape index (κ1) is 86.1. The van der Waals surface area contributed by atoms with E-state index in [9.17, 15) is 43.2 Å². The monoisotopic (exact) mass is 1300 g/mol. The first-order valence-corrected chi connectivity index (χ1v) is 39.2. The minimum Gasteiger partial charge on any atom is -0.462 e. The van der Waals surface area contributed by atoms with E-state index in [1.165, 1.54) is 173 Å². The minimum absolute atomic E-state index is 0.102. The van der Waals surface area contributed by atoms with Crippen LogP contribution in [-0.4, -0.2) is 96.7 Å². The number of hydrogen-bond donors (Lipinski definition) is 3. The lowest BCUT2D eigenvalue weighted by Crippen LogP contribution is -2.30. The van der Waals surface area contributed by atoms with Crippen LogP contribution in [0.5, 0.6) is 0 Å². The lowest BCUT2D eigenvalue weighted by Gasteiger charge is -2.21. The Morgan fingerprint density at radius 3 is 0.807 bits per heavy atom. The molecule has 6 atom stereocenters. The maximum atomic E-state index is 13.0. The smallest absolute Gasteiger partial charge is 0.462 e. The molecule has 88 heavy (non-hydrogen) atoms. The fraction of sp³-hybridized carbons (Fsp3) is 0.942. The number of carbonyl (C=O) groups excluding carboxylic acids is 4. The zero-order valence-electron chi connectivity index (χ0n) is 56.9. The third kappa shape index (κ3) is 61.6. The zero-order valence-corrected chi connectivity index (χ0v) is 58.6. The van der Waals surface area contributed by atoms with Gasteiger partial charge in [-0.25, -0.2) is 9.13 Å². The normalized spacial score (nSPS) is 14.4. The zero-order chi connectivity index (χ0) is 64.9. The number of rotatable bonds is 69. The van der Waals surface area contributed by atoms with Crippen LogP contribution in [0.2, 0.25) is 0 Å². The average Bonchev–Trinajstić information content (AvgIpc) is 3.70. The Kier molecular flexibility index (Phi) is 61.1. The number of carbonyl (C=O) groups is 4. The van der Waals surface area contributed by atoms with Gasteiger partial charge in [0.05, 0.1) is 26.4 Å². The van der Waals surface area contributed by atoms with Crippen LogP contribution in [0.15, 0.2) is 0 Å². The molecule has 0 heterocycles. The Bertz CT molecular complexity index is 1710. The van der Waals surface area contributed by atoms with Gasteiger partial charge >= 0.3 is 39.5 Å². The fourth-order valence-corrected chi connectivity index (χ4v) is 12.0. The topological polar surface area (TPSA) is 237 Å². The summed E-state index contributed by atoms with van der Waals surface area (Å²) in [5.74, 6) is -1.42. The molecule has 0 aromatic rings. The van der Waals surface area contributed by atoms with Gasteiger partial charge in [-0.3, -0.25) is 37.3 Å². The van der Waals surface area contributed by atoms with Crippen molar-refractivity contribution >= 4 is 39.5 Å². The second-order valence-corrected chi connectivity index (χ2v) is 28.1. The first-order chi connectivity index (χ1) is 42.6. The fourth-order valence-electron chi connectivity index (χ4n) is 10.4. The molecular formula is C69H134O17P2. The van der Waals surface area contributed by atoms with E-state index < -0.39 is 97.5 Å². The number of aliphatic hydroxyl groups excluding tert-OH is 1. The van der Waals surface area contributed by atoms with Crippen molar-refractivity contribution in [3.8, 4) is 0 Å². The maximum Gasteiger partial charge on any atom is 0.472 e. The highest BCUT2D eigenvalue weighted by Crippen LogP contribution is 2.45. The summed E-state index contributed by atoms with van der Waals surface area (Å²) in [4.78, 5) is 72.2. The van der Waals surface area contributed by atoms with Crippen LogP contribution in [-0.2, 0) is 65.4 Å². The summed E-state index contributed by atoms with van der Waals surface area (Å²) in [6, 6.07) is 0. The summed E-state index contributed by atoms with van der Waals surface area (Å²) in [5, 5.41) is 10.5. The lowest BCUT2D eigenvalue weighted by molar-refractivity contribution is -0.161.